The van der Waals surface area contributed by atoms with Crippen LogP contribution in [-0.2, 0) is 0 Å². The minimum absolute atomic E-state index is 0.300. The zero-order chi connectivity index (χ0) is 11.5. The van der Waals surface area contributed by atoms with Gasteiger partial charge in [-0.3, -0.25) is 4.68 Å². The van der Waals surface area contributed by atoms with Crippen LogP contribution in [0.4, 0.5) is 0 Å². The van der Waals surface area contributed by atoms with E-state index in [0.29, 0.717) is 12.0 Å². The van der Waals surface area contributed by atoms with E-state index in [-0.39, 0.29) is 0 Å². The van der Waals surface area contributed by atoms with E-state index in [1.54, 1.807) is 0 Å². The van der Waals surface area contributed by atoms with Gasteiger partial charge in [0.25, 0.3) is 0 Å². The maximum absolute atomic E-state index is 4.43. The van der Waals surface area contributed by atoms with Gasteiger partial charge in [0.05, 0.1) is 12.2 Å². The Bertz CT molecular complexity index is 443. The van der Waals surface area contributed by atoms with Crippen LogP contribution in [0.2, 0.25) is 0 Å². The standard InChI is InChI=1S/C14H18N2/c1-11(2)14-9-15-16(10-14)12(3)13-7-5-4-6-8-13/h4-12H,1-3H3. The van der Waals surface area contributed by atoms with Gasteiger partial charge in [-0.2, -0.15) is 5.10 Å². The first-order valence-corrected chi connectivity index (χ1v) is 5.77. The Balaban J connectivity index is 2.24. The average molecular weight is 214 g/mol. The van der Waals surface area contributed by atoms with Gasteiger partial charge in [0, 0.05) is 6.20 Å². The molecule has 84 valence electrons. The van der Waals surface area contributed by atoms with Crippen molar-refractivity contribution >= 4 is 0 Å². The second kappa shape index (κ2) is 4.52. The highest BCUT2D eigenvalue weighted by atomic mass is 15.3. The molecule has 0 aliphatic rings. The van der Waals surface area contributed by atoms with Crippen molar-refractivity contribution in [2.75, 3.05) is 0 Å². The molecule has 0 aliphatic carbocycles. The fourth-order valence-electron chi connectivity index (χ4n) is 1.75. The van der Waals surface area contributed by atoms with Crippen molar-refractivity contribution in [3.63, 3.8) is 0 Å². The molecule has 0 N–H and O–H groups in total. The molecule has 0 saturated carbocycles. The van der Waals surface area contributed by atoms with Crippen LogP contribution >= 0.6 is 0 Å². The second-order valence-corrected chi connectivity index (χ2v) is 4.50. The van der Waals surface area contributed by atoms with Crippen molar-refractivity contribution in [1.82, 2.24) is 9.78 Å². The molecule has 0 fully saturated rings. The van der Waals surface area contributed by atoms with Crippen LogP contribution in [0.15, 0.2) is 42.7 Å². The van der Waals surface area contributed by atoms with Gasteiger partial charge in [0.2, 0.25) is 0 Å². The Labute approximate surface area is 96.9 Å². The molecule has 1 heterocycles. The molecule has 0 spiro atoms. The van der Waals surface area contributed by atoms with Crippen LogP contribution in [-0.4, -0.2) is 9.78 Å². The molecule has 1 aromatic carbocycles. The van der Waals surface area contributed by atoms with Crippen molar-refractivity contribution in [2.24, 2.45) is 0 Å². The molecule has 0 aliphatic heterocycles. The van der Waals surface area contributed by atoms with E-state index < -0.39 is 0 Å². The Morgan fingerprint density at radius 3 is 2.25 bits per heavy atom. The Kier molecular flexibility index (Phi) is 3.09. The molecular formula is C14H18N2. The molecular weight excluding hydrogens is 196 g/mol. The fourth-order valence-corrected chi connectivity index (χ4v) is 1.75. The SMILES string of the molecule is CC(C)c1cnn(C(C)c2ccccc2)c1. The molecule has 1 atom stereocenters. The van der Waals surface area contributed by atoms with Gasteiger partial charge in [0.1, 0.15) is 0 Å². The molecule has 1 aromatic heterocycles. The molecule has 0 saturated heterocycles. The molecule has 16 heavy (non-hydrogen) atoms. The molecule has 0 amide bonds. The van der Waals surface area contributed by atoms with Crippen LogP contribution in [0.3, 0.4) is 0 Å². The van der Waals surface area contributed by atoms with Crippen molar-refractivity contribution in [3.8, 4) is 0 Å². The van der Waals surface area contributed by atoms with Crippen LogP contribution in [0.25, 0.3) is 0 Å². The summed E-state index contributed by atoms with van der Waals surface area (Å²) in [4.78, 5) is 0. The summed E-state index contributed by atoms with van der Waals surface area (Å²) >= 11 is 0. The summed E-state index contributed by atoms with van der Waals surface area (Å²) in [6, 6.07) is 10.8. The quantitative estimate of drug-likeness (QED) is 0.763. The van der Waals surface area contributed by atoms with E-state index in [9.17, 15) is 0 Å². The molecule has 2 rings (SSSR count). The highest BCUT2D eigenvalue weighted by Gasteiger charge is 2.09. The van der Waals surface area contributed by atoms with Gasteiger partial charge < -0.3 is 0 Å². The number of hydrogen-bond donors (Lipinski definition) is 0. The third-order valence-electron chi connectivity index (χ3n) is 2.97. The van der Waals surface area contributed by atoms with E-state index in [4.69, 9.17) is 0 Å². The smallest absolute Gasteiger partial charge is 0.0740 e. The highest BCUT2D eigenvalue weighted by molar-refractivity contribution is 5.20. The summed E-state index contributed by atoms with van der Waals surface area (Å²) in [5.74, 6) is 0.539. The van der Waals surface area contributed by atoms with Crippen LogP contribution in [0, 0.1) is 0 Å². The molecule has 0 bridgehead atoms. The number of benzene rings is 1. The maximum atomic E-state index is 4.43. The van der Waals surface area contributed by atoms with E-state index in [1.807, 2.05) is 16.9 Å². The summed E-state index contributed by atoms with van der Waals surface area (Å²) in [7, 11) is 0. The molecule has 2 aromatic rings. The Morgan fingerprint density at radius 1 is 1.00 bits per heavy atom. The van der Waals surface area contributed by atoms with Crippen LogP contribution in [0.5, 0.6) is 0 Å². The minimum atomic E-state index is 0.300. The lowest BCUT2D eigenvalue weighted by atomic mass is 10.1. The van der Waals surface area contributed by atoms with Crippen molar-refractivity contribution in [1.29, 1.82) is 0 Å². The summed E-state index contributed by atoms with van der Waals surface area (Å²) < 4.78 is 2.03. The van der Waals surface area contributed by atoms with Crippen molar-refractivity contribution < 1.29 is 0 Å². The third-order valence-corrected chi connectivity index (χ3v) is 2.97. The summed E-state index contributed by atoms with van der Waals surface area (Å²) in [6.07, 6.45) is 4.10. The van der Waals surface area contributed by atoms with Gasteiger partial charge in [-0.25, -0.2) is 0 Å². The first-order chi connectivity index (χ1) is 7.68. The van der Waals surface area contributed by atoms with Gasteiger partial charge in [-0.1, -0.05) is 44.2 Å². The monoisotopic (exact) mass is 214 g/mol. The van der Waals surface area contributed by atoms with Gasteiger partial charge in [-0.15, -0.1) is 0 Å². The normalized spacial score (nSPS) is 13.0. The molecule has 2 heteroatoms. The maximum Gasteiger partial charge on any atom is 0.0740 e. The zero-order valence-electron chi connectivity index (χ0n) is 10.1. The first-order valence-electron chi connectivity index (χ1n) is 5.77. The molecule has 2 nitrogen and oxygen atoms in total. The summed E-state index contributed by atoms with van der Waals surface area (Å²) in [5, 5.41) is 4.43. The van der Waals surface area contributed by atoms with Gasteiger partial charge >= 0.3 is 0 Å². The fraction of sp³-hybridized carbons (Fsp3) is 0.357. The van der Waals surface area contributed by atoms with E-state index in [2.05, 4.69) is 56.3 Å². The number of hydrogen-bond acceptors (Lipinski definition) is 1. The lowest BCUT2D eigenvalue weighted by Gasteiger charge is -2.12. The molecule has 0 radical (unpaired) electrons. The van der Waals surface area contributed by atoms with E-state index in [0.717, 1.165) is 0 Å². The van der Waals surface area contributed by atoms with E-state index in [1.165, 1.54) is 11.1 Å². The van der Waals surface area contributed by atoms with Crippen molar-refractivity contribution in [2.45, 2.75) is 32.7 Å². The lowest BCUT2D eigenvalue weighted by molar-refractivity contribution is 0.563. The number of aromatic nitrogens is 2. The van der Waals surface area contributed by atoms with Gasteiger partial charge in [-0.05, 0) is 24.0 Å². The predicted molar refractivity (Wildman–Crippen MR) is 66.6 cm³/mol. The minimum Gasteiger partial charge on any atom is -0.265 e. The van der Waals surface area contributed by atoms with Crippen molar-refractivity contribution in [3.05, 3.63) is 53.9 Å². The predicted octanol–water partition coefficient (Wildman–Crippen LogP) is 3.62. The van der Waals surface area contributed by atoms with E-state index >= 15 is 0 Å². The topological polar surface area (TPSA) is 17.8 Å². The van der Waals surface area contributed by atoms with Crippen LogP contribution in [0.1, 0.15) is 43.9 Å². The summed E-state index contributed by atoms with van der Waals surface area (Å²) in [5.41, 5.74) is 2.59. The third kappa shape index (κ3) is 2.16. The lowest BCUT2D eigenvalue weighted by Crippen LogP contribution is -2.06. The average Bonchev–Trinajstić information content (AvgIpc) is 2.78. The molecule has 1 unspecified atom stereocenters. The highest BCUT2D eigenvalue weighted by Crippen LogP contribution is 2.19. The second-order valence-electron chi connectivity index (χ2n) is 4.50. The Hall–Kier alpha value is -1.57. The number of nitrogens with zero attached hydrogens (tertiary/aromatic N) is 2. The zero-order valence-corrected chi connectivity index (χ0v) is 10.1. The van der Waals surface area contributed by atoms with Crippen LogP contribution < -0.4 is 0 Å². The Morgan fingerprint density at radius 2 is 1.69 bits per heavy atom. The summed E-state index contributed by atoms with van der Waals surface area (Å²) in [6.45, 7) is 6.55. The first kappa shape index (κ1) is 10.9. The number of rotatable bonds is 3. The largest absolute Gasteiger partial charge is 0.265 e. The van der Waals surface area contributed by atoms with Gasteiger partial charge in [0.15, 0.2) is 0 Å².